The molecule has 0 fully saturated rings. The van der Waals surface area contributed by atoms with Crippen LogP contribution in [0.2, 0.25) is 0 Å². The van der Waals surface area contributed by atoms with Crippen molar-refractivity contribution in [3.8, 4) is 0 Å². The standard InChI is InChI=1S/C23H21FN2OS2/c1-14-10-15(2)19(16(3)11-14)13-29-23-25-20-8-9-28-21(20)22(27)26(23)12-17-4-6-18(24)7-5-17/h4-11H,12-13H2,1-3H3. The zero-order valence-corrected chi connectivity index (χ0v) is 18.2. The second-order valence-electron chi connectivity index (χ2n) is 7.21. The number of thiophene rings is 1. The summed E-state index contributed by atoms with van der Waals surface area (Å²) in [6.45, 7) is 6.71. The molecule has 0 aliphatic carbocycles. The number of fused-ring (bicyclic) bond motifs is 1. The summed E-state index contributed by atoms with van der Waals surface area (Å²) in [6, 6.07) is 12.5. The van der Waals surface area contributed by atoms with E-state index in [1.165, 1.54) is 45.7 Å². The fourth-order valence-electron chi connectivity index (χ4n) is 3.52. The maximum absolute atomic E-state index is 13.3. The molecule has 2 aromatic heterocycles. The molecular weight excluding hydrogens is 403 g/mol. The fourth-order valence-corrected chi connectivity index (χ4v) is 5.49. The molecule has 0 bridgehead atoms. The Kier molecular flexibility index (Phi) is 5.56. The number of halogens is 1. The molecule has 4 rings (SSSR count). The molecule has 0 saturated carbocycles. The third-order valence-electron chi connectivity index (χ3n) is 4.97. The first-order valence-corrected chi connectivity index (χ1v) is 11.2. The van der Waals surface area contributed by atoms with Gasteiger partial charge in [-0.15, -0.1) is 11.3 Å². The molecule has 2 aromatic carbocycles. The van der Waals surface area contributed by atoms with Crippen LogP contribution < -0.4 is 5.56 Å². The second-order valence-corrected chi connectivity index (χ2v) is 9.07. The summed E-state index contributed by atoms with van der Waals surface area (Å²) in [6.07, 6.45) is 0. The first-order valence-electron chi connectivity index (χ1n) is 9.34. The van der Waals surface area contributed by atoms with Crippen LogP contribution in [0, 0.1) is 26.6 Å². The lowest BCUT2D eigenvalue weighted by molar-refractivity contribution is 0.623. The maximum atomic E-state index is 13.3. The number of benzene rings is 2. The molecular formula is C23H21FN2OS2. The molecule has 2 heterocycles. The zero-order chi connectivity index (χ0) is 20.5. The lowest BCUT2D eigenvalue weighted by Gasteiger charge is -2.14. The van der Waals surface area contributed by atoms with Crippen LogP contribution in [0.4, 0.5) is 4.39 Å². The van der Waals surface area contributed by atoms with E-state index in [1.54, 1.807) is 28.5 Å². The molecule has 0 aliphatic rings. The normalized spacial score (nSPS) is 11.3. The molecule has 0 unspecified atom stereocenters. The highest BCUT2D eigenvalue weighted by atomic mass is 32.2. The number of aryl methyl sites for hydroxylation is 3. The van der Waals surface area contributed by atoms with Gasteiger partial charge in [-0.25, -0.2) is 9.37 Å². The van der Waals surface area contributed by atoms with E-state index in [0.29, 0.717) is 16.4 Å². The maximum Gasteiger partial charge on any atom is 0.272 e. The average molecular weight is 425 g/mol. The van der Waals surface area contributed by atoms with Crippen LogP contribution in [0.3, 0.4) is 0 Å². The zero-order valence-electron chi connectivity index (χ0n) is 16.5. The van der Waals surface area contributed by atoms with E-state index in [2.05, 4.69) is 32.9 Å². The lowest BCUT2D eigenvalue weighted by atomic mass is 10.0. The van der Waals surface area contributed by atoms with Gasteiger partial charge in [-0.3, -0.25) is 9.36 Å². The van der Waals surface area contributed by atoms with Crippen molar-refractivity contribution in [3.63, 3.8) is 0 Å². The van der Waals surface area contributed by atoms with Crippen molar-refractivity contribution in [2.75, 3.05) is 0 Å². The summed E-state index contributed by atoms with van der Waals surface area (Å²) >= 11 is 2.98. The van der Waals surface area contributed by atoms with Crippen LogP contribution in [0.5, 0.6) is 0 Å². The lowest BCUT2D eigenvalue weighted by Crippen LogP contribution is -2.23. The van der Waals surface area contributed by atoms with Crippen LogP contribution in [0.1, 0.15) is 27.8 Å². The van der Waals surface area contributed by atoms with Gasteiger partial charge in [0.2, 0.25) is 0 Å². The Labute approximate surface area is 177 Å². The van der Waals surface area contributed by atoms with Crippen LogP contribution in [0.15, 0.2) is 57.8 Å². The molecule has 0 radical (unpaired) electrons. The highest BCUT2D eigenvalue weighted by Gasteiger charge is 2.14. The summed E-state index contributed by atoms with van der Waals surface area (Å²) in [5.74, 6) is 0.455. The summed E-state index contributed by atoms with van der Waals surface area (Å²) < 4.78 is 15.6. The third kappa shape index (κ3) is 4.14. The van der Waals surface area contributed by atoms with Gasteiger partial charge in [0.25, 0.3) is 5.56 Å². The van der Waals surface area contributed by atoms with Crippen molar-refractivity contribution in [1.29, 1.82) is 0 Å². The van der Waals surface area contributed by atoms with E-state index < -0.39 is 0 Å². The van der Waals surface area contributed by atoms with E-state index >= 15 is 0 Å². The Balaban J connectivity index is 1.73. The van der Waals surface area contributed by atoms with Crippen LogP contribution in [-0.4, -0.2) is 9.55 Å². The summed E-state index contributed by atoms with van der Waals surface area (Å²) in [5, 5.41) is 2.58. The Morgan fingerprint density at radius 2 is 1.76 bits per heavy atom. The molecule has 4 aromatic rings. The number of aromatic nitrogens is 2. The monoisotopic (exact) mass is 424 g/mol. The summed E-state index contributed by atoms with van der Waals surface area (Å²) in [5.41, 5.74) is 6.58. The predicted octanol–water partition coefficient (Wildman–Crippen LogP) is 5.86. The highest BCUT2D eigenvalue weighted by molar-refractivity contribution is 7.98. The van der Waals surface area contributed by atoms with Crippen molar-refractivity contribution < 1.29 is 4.39 Å². The van der Waals surface area contributed by atoms with E-state index in [9.17, 15) is 9.18 Å². The smallest absolute Gasteiger partial charge is 0.272 e. The van der Waals surface area contributed by atoms with Gasteiger partial charge < -0.3 is 0 Å². The van der Waals surface area contributed by atoms with Crippen molar-refractivity contribution >= 4 is 33.3 Å². The molecule has 0 aliphatic heterocycles. The van der Waals surface area contributed by atoms with Crippen molar-refractivity contribution in [3.05, 3.63) is 91.8 Å². The fraction of sp³-hybridized carbons (Fsp3) is 0.217. The van der Waals surface area contributed by atoms with Gasteiger partial charge in [-0.05, 0) is 66.6 Å². The van der Waals surface area contributed by atoms with Crippen LogP contribution >= 0.6 is 23.1 Å². The molecule has 6 heteroatoms. The minimum absolute atomic E-state index is 0.0471. The molecule has 0 amide bonds. The first-order chi connectivity index (χ1) is 13.9. The largest absolute Gasteiger partial charge is 0.282 e. The molecule has 3 nitrogen and oxygen atoms in total. The summed E-state index contributed by atoms with van der Waals surface area (Å²) in [4.78, 5) is 17.9. The van der Waals surface area contributed by atoms with Crippen LogP contribution in [0.25, 0.3) is 10.2 Å². The molecule has 0 N–H and O–H groups in total. The number of thioether (sulfide) groups is 1. The second kappa shape index (κ2) is 8.13. The number of rotatable bonds is 5. The quantitative estimate of drug-likeness (QED) is 0.297. The highest BCUT2D eigenvalue weighted by Crippen LogP contribution is 2.28. The first kappa shape index (κ1) is 19.9. The van der Waals surface area contributed by atoms with Gasteiger partial charge in [-0.2, -0.15) is 0 Å². The van der Waals surface area contributed by atoms with Gasteiger partial charge in [-0.1, -0.05) is 41.6 Å². The molecule has 148 valence electrons. The van der Waals surface area contributed by atoms with Gasteiger partial charge in [0.15, 0.2) is 5.16 Å². The molecule has 29 heavy (non-hydrogen) atoms. The minimum atomic E-state index is -0.284. The number of hydrogen-bond acceptors (Lipinski definition) is 4. The van der Waals surface area contributed by atoms with Gasteiger partial charge in [0.1, 0.15) is 10.5 Å². The third-order valence-corrected chi connectivity index (χ3v) is 6.87. The van der Waals surface area contributed by atoms with E-state index in [0.717, 1.165) is 16.8 Å². The molecule has 0 saturated heterocycles. The van der Waals surface area contributed by atoms with Gasteiger partial charge >= 0.3 is 0 Å². The van der Waals surface area contributed by atoms with E-state index in [1.807, 2.05) is 11.4 Å². The summed E-state index contributed by atoms with van der Waals surface area (Å²) in [7, 11) is 0. The van der Waals surface area contributed by atoms with E-state index in [4.69, 9.17) is 4.98 Å². The van der Waals surface area contributed by atoms with Crippen molar-refractivity contribution in [1.82, 2.24) is 9.55 Å². The van der Waals surface area contributed by atoms with Gasteiger partial charge in [0, 0.05) is 5.75 Å². The minimum Gasteiger partial charge on any atom is -0.282 e. The average Bonchev–Trinajstić information content (AvgIpc) is 3.14. The van der Waals surface area contributed by atoms with Crippen molar-refractivity contribution in [2.24, 2.45) is 0 Å². The topological polar surface area (TPSA) is 34.9 Å². The molecule has 0 atom stereocenters. The van der Waals surface area contributed by atoms with Gasteiger partial charge in [0.05, 0.1) is 12.1 Å². The Bertz CT molecular complexity index is 1220. The Morgan fingerprint density at radius 1 is 1.07 bits per heavy atom. The SMILES string of the molecule is Cc1cc(C)c(CSc2nc3ccsc3c(=O)n2Cc2ccc(F)cc2)c(C)c1. The Hall–Kier alpha value is -2.44. The molecule has 0 spiro atoms. The van der Waals surface area contributed by atoms with E-state index in [-0.39, 0.29) is 11.4 Å². The number of hydrogen-bond donors (Lipinski definition) is 0. The number of nitrogens with zero attached hydrogens (tertiary/aromatic N) is 2. The van der Waals surface area contributed by atoms with Crippen LogP contribution in [-0.2, 0) is 12.3 Å². The van der Waals surface area contributed by atoms with Crippen molar-refractivity contribution in [2.45, 2.75) is 38.2 Å². The predicted molar refractivity (Wildman–Crippen MR) is 120 cm³/mol. The Morgan fingerprint density at radius 3 is 2.45 bits per heavy atom.